The maximum atomic E-state index is 10.5. The van der Waals surface area contributed by atoms with Crippen LogP contribution in [0.5, 0.6) is 5.75 Å². The van der Waals surface area contributed by atoms with Crippen molar-refractivity contribution in [1.82, 2.24) is 5.32 Å². The molecule has 0 bridgehead atoms. The average Bonchev–Trinajstić information content (AvgIpc) is 2.67. The molecule has 1 amide bonds. The van der Waals surface area contributed by atoms with Gasteiger partial charge in [0.2, 0.25) is 0 Å². The van der Waals surface area contributed by atoms with Crippen LogP contribution in [0.3, 0.4) is 0 Å². The van der Waals surface area contributed by atoms with Gasteiger partial charge in [0.05, 0.1) is 6.61 Å². The van der Waals surface area contributed by atoms with Gasteiger partial charge in [-0.15, -0.1) is 0 Å². The number of alkyl carbamates (subject to hydrolysis) is 1. The number of fused-ring (bicyclic) bond motifs is 1. The van der Waals surface area contributed by atoms with Crippen molar-refractivity contribution in [3.63, 3.8) is 0 Å². The highest BCUT2D eigenvalue weighted by Crippen LogP contribution is 2.30. The molecule has 0 fully saturated rings. The molecule has 1 aliphatic rings. The summed E-state index contributed by atoms with van der Waals surface area (Å²) in [7, 11) is 1.54. The highest BCUT2D eigenvalue weighted by Gasteiger charge is 2.14. The van der Waals surface area contributed by atoms with Gasteiger partial charge in [0.25, 0.3) is 0 Å². The standard InChI is InChI=1S/C17H16O.C6H13NO2/c1-13(14-6-3-2-4-7-14)16-10-9-15-8-5-11-18-17(15)12-16;1-6(2,3)9-5(8)7-4/h2-4,6-7,9-10,12H,1,5,8,11H2;1-4H3,(H,7,8). The van der Waals surface area contributed by atoms with Gasteiger partial charge in [0.15, 0.2) is 0 Å². The van der Waals surface area contributed by atoms with Gasteiger partial charge in [-0.2, -0.15) is 0 Å². The van der Waals surface area contributed by atoms with Crippen LogP contribution in [0.2, 0.25) is 0 Å². The van der Waals surface area contributed by atoms with E-state index in [2.05, 4.69) is 42.2 Å². The molecule has 0 aliphatic carbocycles. The number of nitrogens with one attached hydrogen (secondary N) is 1. The number of benzene rings is 2. The van der Waals surface area contributed by atoms with Crippen LogP contribution in [-0.4, -0.2) is 25.3 Å². The Hall–Kier alpha value is -2.75. The zero-order valence-electron chi connectivity index (χ0n) is 16.7. The lowest BCUT2D eigenvalue weighted by Gasteiger charge is -2.18. The van der Waals surface area contributed by atoms with E-state index in [4.69, 9.17) is 9.47 Å². The first-order valence-corrected chi connectivity index (χ1v) is 9.21. The summed E-state index contributed by atoms with van der Waals surface area (Å²) in [6.07, 6.45) is 1.85. The molecule has 0 saturated heterocycles. The molecule has 4 heteroatoms. The monoisotopic (exact) mass is 367 g/mol. The predicted octanol–water partition coefficient (Wildman–Crippen LogP) is 5.21. The summed E-state index contributed by atoms with van der Waals surface area (Å²) in [6, 6.07) is 16.7. The van der Waals surface area contributed by atoms with E-state index < -0.39 is 0 Å². The molecule has 144 valence electrons. The molecule has 2 aromatic rings. The maximum absolute atomic E-state index is 10.5. The van der Waals surface area contributed by atoms with E-state index >= 15 is 0 Å². The van der Waals surface area contributed by atoms with Crippen molar-refractivity contribution < 1.29 is 14.3 Å². The molecule has 3 rings (SSSR count). The van der Waals surface area contributed by atoms with Gasteiger partial charge in [-0.05, 0) is 61.9 Å². The summed E-state index contributed by atoms with van der Waals surface area (Å²) < 4.78 is 10.5. The first-order chi connectivity index (χ1) is 12.8. The van der Waals surface area contributed by atoms with Gasteiger partial charge < -0.3 is 14.8 Å². The Balaban J connectivity index is 0.000000249. The topological polar surface area (TPSA) is 47.6 Å². The van der Waals surface area contributed by atoms with Gasteiger partial charge in [0.1, 0.15) is 11.4 Å². The third kappa shape index (κ3) is 6.48. The minimum absolute atomic E-state index is 0.387. The SMILES string of the molecule is C=C(c1ccccc1)c1ccc2c(c1)OCCC2.CNC(=O)OC(C)(C)C. The third-order valence-electron chi connectivity index (χ3n) is 3.99. The molecule has 1 N–H and O–H groups in total. The van der Waals surface area contributed by atoms with E-state index in [1.807, 2.05) is 39.0 Å². The number of aryl methyl sites for hydroxylation is 1. The maximum Gasteiger partial charge on any atom is 0.407 e. The van der Waals surface area contributed by atoms with Crippen LogP contribution < -0.4 is 10.1 Å². The highest BCUT2D eigenvalue weighted by molar-refractivity contribution is 5.78. The van der Waals surface area contributed by atoms with Crippen LogP contribution in [0.1, 0.15) is 43.9 Å². The number of carbonyl (C=O) groups excluding carboxylic acids is 1. The Labute approximate surface area is 162 Å². The number of hydrogen-bond acceptors (Lipinski definition) is 3. The van der Waals surface area contributed by atoms with Crippen LogP contribution in [0, 0.1) is 0 Å². The van der Waals surface area contributed by atoms with Crippen molar-refractivity contribution >= 4 is 11.7 Å². The van der Waals surface area contributed by atoms with Crippen molar-refractivity contribution in [2.75, 3.05) is 13.7 Å². The number of amides is 1. The number of carbonyl (C=O) groups is 1. The molecular formula is C23H29NO3. The van der Waals surface area contributed by atoms with E-state index in [9.17, 15) is 4.79 Å². The van der Waals surface area contributed by atoms with Crippen LogP contribution in [0.25, 0.3) is 5.57 Å². The molecule has 0 saturated carbocycles. The van der Waals surface area contributed by atoms with Gasteiger partial charge in [-0.3, -0.25) is 0 Å². The Bertz CT molecular complexity index is 776. The average molecular weight is 367 g/mol. The number of ether oxygens (including phenoxy) is 2. The quantitative estimate of drug-likeness (QED) is 0.792. The molecule has 1 heterocycles. The second-order valence-electron chi connectivity index (χ2n) is 7.37. The fourth-order valence-corrected chi connectivity index (χ4v) is 2.66. The molecule has 1 aliphatic heterocycles. The van der Waals surface area contributed by atoms with Gasteiger partial charge in [-0.25, -0.2) is 4.79 Å². The highest BCUT2D eigenvalue weighted by atomic mass is 16.6. The van der Waals surface area contributed by atoms with Crippen molar-refractivity contribution in [2.24, 2.45) is 0 Å². The first kappa shape index (κ1) is 20.6. The Morgan fingerprint density at radius 2 is 1.81 bits per heavy atom. The van der Waals surface area contributed by atoms with Crippen LogP contribution in [0.15, 0.2) is 55.1 Å². The molecule has 4 nitrogen and oxygen atoms in total. The lowest BCUT2D eigenvalue weighted by molar-refractivity contribution is 0.0541. The largest absolute Gasteiger partial charge is 0.493 e. The Kier molecular flexibility index (Phi) is 7.05. The summed E-state index contributed by atoms with van der Waals surface area (Å²) in [6.45, 7) is 10.5. The fraction of sp³-hybridized carbons (Fsp3) is 0.348. The van der Waals surface area contributed by atoms with Gasteiger partial charge in [-0.1, -0.05) is 49.0 Å². The number of hydrogen-bond donors (Lipinski definition) is 1. The summed E-state index contributed by atoms with van der Waals surface area (Å²) in [4.78, 5) is 10.5. The summed E-state index contributed by atoms with van der Waals surface area (Å²) >= 11 is 0. The molecule has 0 unspecified atom stereocenters. The predicted molar refractivity (Wildman–Crippen MR) is 110 cm³/mol. The van der Waals surface area contributed by atoms with Crippen LogP contribution >= 0.6 is 0 Å². The van der Waals surface area contributed by atoms with E-state index in [-0.39, 0.29) is 11.7 Å². The van der Waals surface area contributed by atoms with Crippen LogP contribution in [0.4, 0.5) is 4.79 Å². The lowest BCUT2D eigenvalue weighted by Crippen LogP contribution is -2.30. The van der Waals surface area contributed by atoms with Crippen molar-refractivity contribution in [2.45, 2.75) is 39.2 Å². The molecule has 0 radical (unpaired) electrons. The Morgan fingerprint density at radius 3 is 2.41 bits per heavy atom. The lowest BCUT2D eigenvalue weighted by atomic mass is 9.96. The molecule has 2 aromatic carbocycles. The second-order valence-corrected chi connectivity index (χ2v) is 7.37. The summed E-state index contributed by atoms with van der Waals surface area (Å²) in [5, 5.41) is 2.36. The van der Waals surface area contributed by atoms with E-state index in [0.717, 1.165) is 41.9 Å². The van der Waals surface area contributed by atoms with Crippen molar-refractivity contribution in [3.8, 4) is 5.75 Å². The number of rotatable bonds is 2. The second kappa shape index (κ2) is 9.26. The van der Waals surface area contributed by atoms with Gasteiger partial charge >= 0.3 is 6.09 Å². The smallest absolute Gasteiger partial charge is 0.407 e. The van der Waals surface area contributed by atoms with Gasteiger partial charge in [0, 0.05) is 7.05 Å². The summed E-state index contributed by atoms with van der Waals surface area (Å²) in [5.74, 6) is 1.02. The molecule has 0 aromatic heterocycles. The minimum Gasteiger partial charge on any atom is -0.493 e. The van der Waals surface area contributed by atoms with Crippen molar-refractivity contribution in [3.05, 3.63) is 71.8 Å². The normalized spacial score (nSPS) is 12.6. The molecule has 0 atom stereocenters. The molecular weight excluding hydrogens is 338 g/mol. The molecule has 0 spiro atoms. The summed E-state index contributed by atoms with van der Waals surface area (Å²) in [5.41, 5.74) is 4.27. The van der Waals surface area contributed by atoms with Crippen LogP contribution in [-0.2, 0) is 11.2 Å². The Morgan fingerprint density at radius 1 is 1.11 bits per heavy atom. The first-order valence-electron chi connectivity index (χ1n) is 9.21. The zero-order valence-corrected chi connectivity index (χ0v) is 16.7. The van der Waals surface area contributed by atoms with E-state index in [1.165, 1.54) is 12.6 Å². The fourth-order valence-electron chi connectivity index (χ4n) is 2.66. The van der Waals surface area contributed by atoms with Crippen molar-refractivity contribution in [1.29, 1.82) is 0 Å². The zero-order chi connectivity index (χ0) is 19.9. The van der Waals surface area contributed by atoms with E-state index in [1.54, 1.807) is 0 Å². The minimum atomic E-state index is -0.389. The third-order valence-corrected chi connectivity index (χ3v) is 3.99. The molecule has 27 heavy (non-hydrogen) atoms. The van der Waals surface area contributed by atoms with E-state index in [0.29, 0.717) is 0 Å².